The molecule has 1 saturated heterocycles. The van der Waals surface area contributed by atoms with Crippen molar-refractivity contribution in [1.29, 1.82) is 0 Å². The number of aliphatic hydroxyl groups excluding tert-OH is 1. The lowest BCUT2D eigenvalue weighted by Gasteiger charge is -2.31. The summed E-state index contributed by atoms with van der Waals surface area (Å²) in [4.78, 5) is 14.0. The zero-order valence-electron chi connectivity index (χ0n) is 15.0. The van der Waals surface area contributed by atoms with E-state index in [1.165, 1.54) is 12.1 Å². The van der Waals surface area contributed by atoms with E-state index in [1.807, 2.05) is 27.7 Å². The Morgan fingerprint density at radius 1 is 1.46 bits per heavy atom. The smallest absolute Gasteiger partial charge is 0.410 e. The van der Waals surface area contributed by atoms with E-state index in [1.54, 1.807) is 11.0 Å². The van der Waals surface area contributed by atoms with Crippen LogP contribution in [0.3, 0.4) is 0 Å². The van der Waals surface area contributed by atoms with Gasteiger partial charge in [0, 0.05) is 6.54 Å². The highest BCUT2D eigenvalue weighted by Crippen LogP contribution is 2.33. The maximum absolute atomic E-state index is 13.5. The molecular formula is C19H28FNO3. The summed E-state index contributed by atoms with van der Waals surface area (Å²) in [5.41, 5.74) is 0.943. The van der Waals surface area contributed by atoms with Gasteiger partial charge in [-0.1, -0.05) is 19.4 Å². The summed E-state index contributed by atoms with van der Waals surface area (Å²) in [6.45, 7) is 8.06. The molecule has 1 heterocycles. The molecule has 1 aromatic carbocycles. The van der Waals surface area contributed by atoms with Crippen LogP contribution < -0.4 is 0 Å². The molecule has 1 N–H and O–H groups in total. The van der Waals surface area contributed by atoms with Crippen molar-refractivity contribution in [3.8, 4) is 0 Å². The Kier molecular flexibility index (Phi) is 5.86. The van der Waals surface area contributed by atoms with Crippen molar-refractivity contribution in [2.75, 3.05) is 6.54 Å². The SMILES string of the molecule is CCCc1cc(F)ccc1C(O)[C@H]1CCCN1C(=O)OC(C)(C)C. The van der Waals surface area contributed by atoms with Crippen LogP contribution in [0.25, 0.3) is 0 Å². The molecule has 1 amide bonds. The highest BCUT2D eigenvalue weighted by Gasteiger charge is 2.37. The number of benzene rings is 1. The highest BCUT2D eigenvalue weighted by atomic mass is 19.1. The summed E-state index contributed by atoms with van der Waals surface area (Å²) < 4.78 is 19.0. The summed E-state index contributed by atoms with van der Waals surface area (Å²) >= 11 is 0. The van der Waals surface area contributed by atoms with Crippen LogP contribution >= 0.6 is 0 Å². The van der Waals surface area contributed by atoms with Crippen molar-refractivity contribution in [2.45, 2.75) is 71.1 Å². The van der Waals surface area contributed by atoms with Crippen LogP contribution in [0.4, 0.5) is 9.18 Å². The van der Waals surface area contributed by atoms with Crippen LogP contribution in [0.5, 0.6) is 0 Å². The Labute approximate surface area is 143 Å². The predicted molar refractivity (Wildman–Crippen MR) is 91.3 cm³/mol. The van der Waals surface area contributed by atoms with Crippen molar-refractivity contribution in [2.24, 2.45) is 0 Å². The van der Waals surface area contributed by atoms with Gasteiger partial charge in [0.2, 0.25) is 0 Å². The van der Waals surface area contributed by atoms with E-state index < -0.39 is 17.8 Å². The van der Waals surface area contributed by atoms with Gasteiger partial charge in [-0.2, -0.15) is 0 Å². The third-order valence-electron chi connectivity index (χ3n) is 4.23. The number of ether oxygens (including phenoxy) is 1. The molecule has 1 unspecified atom stereocenters. The number of amides is 1. The van der Waals surface area contributed by atoms with Crippen molar-refractivity contribution in [3.63, 3.8) is 0 Å². The van der Waals surface area contributed by atoms with Gasteiger partial charge < -0.3 is 14.7 Å². The first-order chi connectivity index (χ1) is 11.2. The maximum atomic E-state index is 13.5. The lowest BCUT2D eigenvalue weighted by Crippen LogP contribution is -2.42. The number of carbonyl (C=O) groups excluding carboxylic acids is 1. The van der Waals surface area contributed by atoms with Gasteiger partial charge in [-0.25, -0.2) is 9.18 Å². The minimum Gasteiger partial charge on any atom is -0.444 e. The van der Waals surface area contributed by atoms with Gasteiger partial charge in [0.15, 0.2) is 0 Å². The molecule has 1 fully saturated rings. The molecule has 0 aromatic heterocycles. The minimum atomic E-state index is -0.831. The summed E-state index contributed by atoms with van der Waals surface area (Å²) in [5, 5.41) is 10.9. The van der Waals surface area contributed by atoms with Gasteiger partial charge in [-0.05, 0) is 63.3 Å². The quantitative estimate of drug-likeness (QED) is 0.895. The Balaban J connectivity index is 2.22. The lowest BCUT2D eigenvalue weighted by molar-refractivity contribution is 0.00474. The molecule has 24 heavy (non-hydrogen) atoms. The molecule has 1 aromatic rings. The Morgan fingerprint density at radius 2 is 2.17 bits per heavy atom. The van der Waals surface area contributed by atoms with Gasteiger partial charge >= 0.3 is 6.09 Å². The fourth-order valence-electron chi connectivity index (χ4n) is 3.22. The van der Waals surface area contributed by atoms with Crippen molar-refractivity contribution >= 4 is 6.09 Å². The zero-order chi connectivity index (χ0) is 17.9. The van der Waals surface area contributed by atoms with Gasteiger partial charge in [0.1, 0.15) is 11.4 Å². The van der Waals surface area contributed by atoms with Gasteiger partial charge in [-0.15, -0.1) is 0 Å². The highest BCUT2D eigenvalue weighted by molar-refractivity contribution is 5.69. The summed E-state index contributed by atoms with van der Waals surface area (Å²) in [7, 11) is 0. The number of halogens is 1. The molecule has 134 valence electrons. The van der Waals surface area contributed by atoms with Crippen LogP contribution in [0.1, 0.15) is 64.2 Å². The second kappa shape index (κ2) is 7.51. The fraction of sp³-hybridized carbons (Fsp3) is 0.632. The molecule has 0 radical (unpaired) electrons. The van der Waals surface area contributed by atoms with Crippen LogP contribution in [0.2, 0.25) is 0 Å². The maximum Gasteiger partial charge on any atom is 0.410 e. The molecule has 4 nitrogen and oxygen atoms in total. The minimum absolute atomic E-state index is 0.301. The van der Waals surface area contributed by atoms with Crippen molar-refractivity contribution in [3.05, 3.63) is 35.1 Å². The molecule has 2 atom stereocenters. The summed E-state index contributed by atoms with van der Waals surface area (Å²) in [6.07, 6.45) is 1.87. The van der Waals surface area contributed by atoms with Crippen LogP contribution in [-0.2, 0) is 11.2 Å². The molecule has 1 aliphatic rings. The average molecular weight is 337 g/mol. The first-order valence-corrected chi connectivity index (χ1v) is 8.69. The van der Waals surface area contributed by atoms with Gasteiger partial charge in [0.25, 0.3) is 0 Å². The molecular weight excluding hydrogens is 309 g/mol. The Bertz CT molecular complexity index is 582. The van der Waals surface area contributed by atoms with E-state index in [4.69, 9.17) is 4.74 Å². The lowest BCUT2D eigenvalue weighted by atomic mass is 9.93. The Hall–Kier alpha value is -1.62. The molecule has 0 saturated carbocycles. The molecule has 0 aliphatic carbocycles. The number of nitrogens with zero attached hydrogens (tertiary/aromatic N) is 1. The zero-order valence-corrected chi connectivity index (χ0v) is 15.0. The van der Waals surface area contributed by atoms with E-state index in [9.17, 15) is 14.3 Å². The van der Waals surface area contributed by atoms with E-state index in [0.717, 1.165) is 18.4 Å². The number of likely N-dealkylation sites (tertiary alicyclic amines) is 1. The molecule has 1 aliphatic heterocycles. The van der Waals surface area contributed by atoms with Crippen LogP contribution in [0.15, 0.2) is 18.2 Å². The normalized spacial score (nSPS) is 19.4. The van der Waals surface area contributed by atoms with Gasteiger partial charge in [-0.3, -0.25) is 0 Å². The predicted octanol–water partition coefficient (Wildman–Crippen LogP) is 4.21. The second-order valence-electron chi connectivity index (χ2n) is 7.42. The number of aliphatic hydroxyl groups is 1. The number of hydrogen-bond acceptors (Lipinski definition) is 3. The van der Waals surface area contributed by atoms with E-state index in [-0.39, 0.29) is 11.9 Å². The third-order valence-corrected chi connectivity index (χ3v) is 4.23. The van der Waals surface area contributed by atoms with E-state index >= 15 is 0 Å². The summed E-state index contributed by atoms with van der Waals surface area (Å²) in [5.74, 6) is -0.301. The number of rotatable bonds is 4. The first-order valence-electron chi connectivity index (χ1n) is 8.69. The second-order valence-corrected chi connectivity index (χ2v) is 7.42. The number of hydrogen-bond donors (Lipinski definition) is 1. The molecule has 2 rings (SSSR count). The van der Waals surface area contributed by atoms with Crippen LogP contribution in [-0.4, -0.2) is 34.3 Å². The first kappa shape index (κ1) is 18.7. The molecule has 0 spiro atoms. The topological polar surface area (TPSA) is 49.8 Å². The van der Waals surface area contributed by atoms with Gasteiger partial charge in [0.05, 0.1) is 12.1 Å². The molecule has 5 heteroatoms. The van der Waals surface area contributed by atoms with Crippen molar-refractivity contribution < 1.29 is 19.0 Å². The summed E-state index contributed by atoms with van der Waals surface area (Å²) in [6, 6.07) is 4.15. The number of carbonyl (C=O) groups is 1. The van der Waals surface area contributed by atoms with Crippen molar-refractivity contribution in [1.82, 2.24) is 4.90 Å². The fourth-order valence-corrected chi connectivity index (χ4v) is 3.22. The van der Waals surface area contributed by atoms with Crippen LogP contribution in [0, 0.1) is 5.82 Å². The standard InChI is InChI=1S/C19H28FNO3/c1-5-7-13-12-14(20)9-10-15(13)17(22)16-8-6-11-21(16)18(23)24-19(2,3)4/h9-10,12,16-17,22H,5-8,11H2,1-4H3/t16-,17?/m1/s1. The largest absolute Gasteiger partial charge is 0.444 e. The monoisotopic (exact) mass is 337 g/mol. The third kappa shape index (κ3) is 4.47. The number of aryl methyl sites for hydroxylation is 1. The average Bonchev–Trinajstić information content (AvgIpc) is 2.95. The Morgan fingerprint density at radius 3 is 2.79 bits per heavy atom. The van der Waals surface area contributed by atoms with E-state index in [2.05, 4.69) is 0 Å². The molecule has 0 bridgehead atoms. The van der Waals surface area contributed by atoms with E-state index in [0.29, 0.717) is 24.9 Å².